The second-order valence-electron chi connectivity index (χ2n) is 5.88. The van der Waals surface area contributed by atoms with Crippen molar-refractivity contribution in [1.82, 2.24) is 5.32 Å². The first kappa shape index (κ1) is 17.8. The van der Waals surface area contributed by atoms with E-state index in [-0.39, 0.29) is 0 Å². The molecular weight excluding hydrogens is 284 g/mol. The Kier molecular flexibility index (Phi) is 6.20. The standard InChI is InChI=1S/C16H22N2O4/c1-16(2,3)22-15(20)18-13(14(19)10-17)9-11-5-7-12(21-4)8-6-11/h5-8,13-14,19H,9H2,1-4H3,(H,18,20)/t13-,14?/m0/s1. The minimum atomic E-state index is -1.32. The van der Waals surface area contributed by atoms with E-state index < -0.39 is 23.8 Å². The summed E-state index contributed by atoms with van der Waals surface area (Å²) in [6, 6.07) is 8.16. The number of carbonyl (C=O) groups is 1. The molecule has 2 N–H and O–H groups in total. The number of rotatable bonds is 5. The van der Waals surface area contributed by atoms with E-state index in [2.05, 4.69) is 5.32 Å². The minimum Gasteiger partial charge on any atom is -0.497 e. The molecule has 0 saturated carbocycles. The summed E-state index contributed by atoms with van der Waals surface area (Å²) in [5.41, 5.74) is 0.211. The van der Waals surface area contributed by atoms with Gasteiger partial charge in [0.05, 0.1) is 19.2 Å². The molecule has 0 bridgehead atoms. The predicted molar refractivity (Wildman–Crippen MR) is 81.5 cm³/mol. The first-order chi connectivity index (χ1) is 10.2. The number of hydrogen-bond donors (Lipinski definition) is 2. The molecule has 0 aliphatic carbocycles. The summed E-state index contributed by atoms with van der Waals surface area (Å²) >= 11 is 0. The van der Waals surface area contributed by atoms with Crippen LogP contribution in [0, 0.1) is 11.3 Å². The Morgan fingerprint density at radius 3 is 2.41 bits per heavy atom. The molecule has 0 aliphatic heterocycles. The van der Waals surface area contributed by atoms with Crippen molar-refractivity contribution in [2.75, 3.05) is 7.11 Å². The Morgan fingerprint density at radius 2 is 1.95 bits per heavy atom. The molecule has 0 fully saturated rings. The van der Waals surface area contributed by atoms with Crippen LogP contribution in [0.15, 0.2) is 24.3 Å². The Morgan fingerprint density at radius 1 is 1.36 bits per heavy atom. The Labute approximate surface area is 130 Å². The molecule has 0 spiro atoms. The third kappa shape index (κ3) is 6.02. The van der Waals surface area contributed by atoms with Crippen LogP contribution in [-0.2, 0) is 11.2 Å². The van der Waals surface area contributed by atoms with Gasteiger partial charge in [-0.15, -0.1) is 0 Å². The summed E-state index contributed by atoms with van der Waals surface area (Å²) in [6.07, 6.45) is -1.69. The Balaban J connectivity index is 2.76. The zero-order valence-corrected chi connectivity index (χ0v) is 13.3. The van der Waals surface area contributed by atoms with Crippen molar-refractivity contribution in [3.63, 3.8) is 0 Å². The quantitative estimate of drug-likeness (QED) is 0.812. The van der Waals surface area contributed by atoms with Crippen LogP contribution in [-0.4, -0.2) is 36.1 Å². The second-order valence-corrected chi connectivity index (χ2v) is 5.88. The lowest BCUT2D eigenvalue weighted by Gasteiger charge is -2.24. The van der Waals surface area contributed by atoms with Gasteiger partial charge in [-0.2, -0.15) is 5.26 Å². The van der Waals surface area contributed by atoms with Gasteiger partial charge in [0.25, 0.3) is 0 Å². The van der Waals surface area contributed by atoms with E-state index in [1.165, 1.54) is 0 Å². The van der Waals surface area contributed by atoms with E-state index >= 15 is 0 Å². The average molecular weight is 306 g/mol. The maximum Gasteiger partial charge on any atom is 0.408 e. The number of carbonyl (C=O) groups excluding carboxylic acids is 1. The topological polar surface area (TPSA) is 91.6 Å². The molecule has 1 aromatic rings. The van der Waals surface area contributed by atoms with Gasteiger partial charge in [0.2, 0.25) is 0 Å². The number of alkyl carbamates (subject to hydrolysis) is 1. The van der Waals surface area contributed by atoms with E-state index in [4.69, 9.17) is 14.7 Å². The highest BCUT2D eigenvalue weighted by molar-refractivity contribution is 5.68. The summed E-state index contributed by atoms with van der Waals surface area (Å²) in [5.74, 6) is 0.709. The summed E-state index contributed by atoms with van der Waals surface area (Å²) < 4.78 is 10.2. The van der Waals surface area contributed by atoms with Crippen LogP contribution in [0.3, 0.4) is 0 Å². The molecule has 0 aliphatic rings. The lowest BCUT2D eigenvalue weighted by molar-refractivity contribution is 0.0458. The smallest absolute Gasteiger partial charge is 0.408 e. The van der Waals surface area contributed by atoms with Gasteiger partial charge < -0.3 is 19.9 Å². The molecule has 0 aromatic heterocycles. The van der Waals surface area contributed by atoms with Crippen LogP contribution in [0.5, 0.6) is 5.75 Å². The van der Waals surface area contributed by atoms with Gasteiger partial charge in [-0.05, 0) is 44.9 Å². The number of nitrogens with one attached hydrogen (secondary N) is 1. The number of ether oxygens (including phenoxy) is 2. The fraction of sp³-hybridized carbons (Fsp3) is 0.500. The lowest BCUT2D eigenvalue weighted by Crippen LogP contribution is -2.46. The average Bonchev–Trinajstić information content (AvgIpc) is 2.44. The zero-order valence-electron chi connectivity index (χ0n) is 13.3. The lowest BCUT2D eigenvalue weighted by atomic mass is 10.0. The highest BCUT2D eigenvalue weighted by atomic mass is 16.6. The van der Waals surface area contributed by atoms with Crippen LogP contribution in [0.25, 0.3) is 0 Å². The highest BCUT2D eigenvalue weighted by Gasteiger charge is 2.24. The number of methoxy groups -OCH3 is 1. The molecule has 0 radical (unpaired) electrons. The fourth-order valence-electron chi connectivity index (χ4n) is 1.81. The van der Waals surface area contributed by atoms with Gasteiger partial charge in [-0.1, -0.05) is 12.1 Å². The fourth-order valence-corrected chi connectivity index (χ4v) is 1.81. The molecule has 120 valence electrons. The number of benzene rings is 1. The number of aliphatic hydroxyl groups excluding tert-OH is 1. The van der Waals surface area contributed by atoms with Gasteiger partial charge in [-0.25, -0.2) is 4.79 Å². The van der Waals surface area contributed by atoms with Crippen molar-refractivity contribution in [3.8, 4) is 11.8 Å². The first-order valence-electron chi connectivity index (χ1n) is 6.95. The highest BCUT2D eigenvalue weighted by Crippen LogP contribution is 2.14. The Hall–Kier alpha value is -2.26. The molecule has 1 aromatic carbocycles. The van der Waals surface area contributed by atoms with Gasteiger partial charge in [0, 0.05) is 0 Å². The van der Waals surface area contributed by atoms with E-state index in [1.807, 2.05) is 12.1 Å². The van der Waals surface area contributed by atoms with Crippen LogP contribution < -0.4 is 10.1 Å². The van der Waals surface area contributed by atoms with Crippen LogP contribution in [0.1, 0.15) is 26.3 Å². The van der Waals surface area contributed by atoms with Gasteiger partial charge >= 0.3 is 6.09 Å². The van der Waals surface area contributed by atoms with E-state index in [9.17, 15) is 9.90 Å². The SMILES string of the molecule is COc1ccc(C[C@H](NC(=O)OC(C)(C)C)C(O)C#N)cc1. The van der Waals surface area contributed by atoms with Crippen LogP contribution in [0.2, 0.25) is 0 Å². The molecule has 2 atom stereocenters. The number of hydrogen-bond acceptors (Lipinski definition) is 5. The molecule has 0 heterocycles. The largest absolute Gasteiger partial charge is 0.497 e. The number of aliphatic hydroxyl groups is 1. The number of amides is 1. The molecule has 22 heavy (non-hydrogen) atoms. The van der Waals surface area contributed by atoms with Crippen LogP contribution >= 0.6 is 0 Å². The molecule has 6 heteroatoms. The molecule has 1 unspecified atom stereocenters. The Bertz CT molecular complexity index is 529. The van der Waals surface area contributed by atoms with Crippen molar-refractivity contribution >= 4 is 6.09 Å². The maximum atomic E-state index is 11.8. The van der Waals surface area contributed by atoms with Crippen LogP contribution in [0.4, 0.5) is 4.79 Å². The maximum absolute atomic E-state index is 11.8. The first-order valence-corrected chi connectivity index (χ1v) is 6.95. The summed E-state index contributed by atoms with van der Waals surface area (Å²) in [5, 5.41) is 21.2. The number of nitriles is 1. The second kappa shape index (κ2) is 7.66. The third-order valence-electron chi connectivity index (χ3n) is 2.83. The third-order valence-corrected chi connectivity index (χ3v) is 2.83. The predicted octanol–water partition coefficient (Wildman–Crippen LogP) is 2.02. The van der Waals surface area contributed by atoms with E-state index in [0.29, 0.717) is 12.2 Å². The molecule has 1 amide bonds. The van der Waals surface area contributed by atoms with Gasteiger partial charge in [0.15, 0.2) is 6.10 Å². The zero-order chi connectivity index (χ0) is 16.8. The minimum absolute atomic E-state index is 0.304. The normalized spacial score (nSPS) is 13.6. The van der Waals surface area contributed by atoms with Gasteiger partial charge in [0.1, 0.15) is 11.4 Å². The van der Waals surface area contributed by atoms with Crippen molar-refractivity contribution in [3.05, 3.63) is 29.8 Å². The van der Waals surface area contributed by atoms with Crippen molar-refractivity contribution in [1.29, 1.82) is 5.26 Å². The molecule has 6 nitrogen and oxygen atoms in total. The summed E-state index contributed by atoms with van der Waals surface area (Å²) in [4.78, 5) is 11.8. The van der Waals surface area contributed by atoms with Crippen molar-refractivity contribution < 1.29 is 19.4 Å². The van der Waals surface area contributed by atoms with E-state index in [1.54, 1.807) is 46.1 Å². The van der Waals surface area contributed by atoms with Crippen molar-refractivity contribution in [2.45, 2.75) is 44.9 Å². The number of nitrogens with zero attached hydrogens (tertiary/aromatic N) is 1. The summed E-state index contributed by atoms with van der Waals surface area (Å²) in [7, 11) is 1.57. The monoisotopic (exact) mass is 306 g/mol. The van der Waals surface area contributed by atoms with Gasteiger partial charge in [-0.3, -0.25) is 0 Å². The molecular formula is C16H22N2O4. The van der Waals surface area contributed by atoms with Crippen molar-refractivity contribution in [2.24, 2.45) is 0 Å². The summed E-state index contributed by atoms with van der Waals surface area (Å²) in [6.45, 7) is 5.23. The molecule has 0 saturated heterocycles. The molecule has 1 rings (SSSR count). The van der Waals surface area contributed by atoms with E-state index in [0.717, 1.165) is 5.56 Å².